The monoisotopic (exact) mass is 243 g/mol. The molecule has 1 heterocycles. The van der Waals surface area contributed by atoms with Crippen molar-refractivity contribution in [1.29, 1.82) is 0 Å². The topological polar surface area (TPSA) is 30.5 Å². The lowest BCUT2D eigenvalue weighted by Crippen LogP contribution is -2.55. The van der Waals surface area contributed by atoms with Crippen LogP contribution in [0.3, 0.4) is 0 Å². The fourth-order valence-electron chi connectivity index (χ4n) is 2.71. The largest absolute Gasteiger partial charge is 0.349 e. The van der Waals surface area contributed by atoms with Gasteiger partial charge in [-0.15, -0.1) is 0 Å². The second-order valence-electron chi connectivity index (χ2n) is 7.48. The molecule has 1 saturated heterocycles. The first-order valence-corrected chi connectivity index (χ1v) is 6.55. The maximum Gasteiger partial charge on any atom is 0.162 e. The maximum atomic E-state index is 5.67. The van der Waals surface area contributed by atoms with Gasteiger partial charge in [0.15, 0.2) is 5.79 Å². The van der Waals surface area contributed by atoms with Crippen molar-refractivity contribution >= 4 is 0 Å². The summed E-state index contributed by atoms with van der Waals surface area (Å²) in [4.78, 5) is 0. The van der Waals surface area contributed by atoms with Gasteiger partial charge in [0.2, 0.25) is 0 Å². The Labute approximate surface area is 106 Å². The molecule has 1 aliphatic rings. The lowest BCUT2D eigenvalue weighted by Gasteiger charge is -2.41. The summed E-state index contributed by atoms with van der Waals surface area (Å²) < 4.78 is 11.3. The van der Waals surface area contributed by atoms with Crippen molar-refractivity contribution in [2.45, 2.75) is 72.3 Å². The summed E-state index contributed by atoms with van der Waals surface area (Å²) in [5.41, 5.74) is 0.434. The van der Waals surface area contributed by atoms with Crippen LogP contribution in [0.25, 0.3) is 0 Å². The van der Waals surface area contributed by atoms with Crippen LogP contribution in [-0.2, 0) is 9.47 Å². The molecule has 0 amide bonds. The van der Waals surface area contributed by atoms with Gasteiger partial charge in [-0.25, -0.2) is 0 Å². The molecule has 0 aromatic rings. The third-order valence-corrected chi connectivity index (χ3v) is 2.83. The SMILES string of the molecule is CC(C)(C)CC(C)(C)NC1COC(C)(C)OC1. The van der Waals surface area contributed by atoms with Crippen LogP contribution in [0.4, 0.5) is 0 Å². The van der Waals surface area contributed by atoms with E-state index in [9.17, 15) is 0 Å². The zero-order valence-electron chi connectivity index (χ0n) is 12.5. The molecule has 0 aliphatic carbocycles. The third-order valence-electron chi connectivity index (χ3n) is 2.83. The Balaban J connectivity index is 2.44. The normalized spacial score (nSPS) is 22.8. The van der Waals surface area contributed by atoms with Crippen molar-refractivity contribution in [2.24, 2.45) is 5.41 Å². The van der Waals surface area contributed by atoms with E-state index in [0.29, 0.717) is 11.5 Å². The highest BCUT2D eigenvalue weighted by atomic mass is 16.7. The summed E-state index contributed by atoms with van der Waals surface area (Å²) in [7, 11) is 0. The standard InChI is InChI=1S/C14H29NO2/c1-12(2,3)10-13(4,5)15-11-8-16-14(6,7)17-9-11/h11,15H,8-10H2,1-7H3. The first-order chi connectivity index (χ1) is 7.49. The Kier molecular flexibility index (Phi) is 4.28. The van der Waals surface area contributed by atoms with Gasteiger partial charge >= 0.3 is 0 Å². The van der Waals surface area contributed by atoms with Gasteiger partial charge in [0.1, 0.15) is 0 Å². The van der Waals surface area contributed by atoms with Crippen LogP contribution < -0.4 is 5.32 Å². The Morgan fingerprint density at radius 2 is 1.53 bits per heavy atom. The molecule has 0 spiro atoms. The molecular weight excluding hydrogens is 214 g/mol. The molecule has 102 valence electrons. The average Bonchev–Trinajstić information content (AvgIpc) is 2.04. The van der Waals surface area contributed by atoms with Crippen molar-refractivity contribution in [2.75, 3.05) is 13.2 Å². The van der Waals surface area contributed by atoms with Crippen molar-refractivity contribution in [3.05, 3.63) is 0 Å². The summed E-state index contributed by atoms with van der Waals surface area (Å²) in [6, 6.07) is 0.292. The molecule has 0 aromatic carbocycles. The molecule has 1 rings (SSSR count). The Morgan fingerprint density at radius 3 is 1.94 bits per heavy atom. The second-order valence-corrected chi connectivity index (χ2v) is 7.48. The molecule has 0 radical (unpaired) electrons. The molecule has 17 heavy (non-hydrogen) atoms. The Morgan fingerprint density at radius 1 is 1.06 bits per heavy atom. The van der Waals surface area contributed by atoms with E-state index in [0.717, 1.165) is 19.6 Å². The van der Waals surface area contributed by atoms with Gasteiger partial charge in [0.25, 0.3) is 0 Å². The lowest BCUT2D eigenvalue weighted by atomic mass is 9.81. The van der Waals surface area contributed by atoms with Crippen molar-refractivity contribution in [3.63, 3.8) is 0 Å². The minimum Gasteiger partial charge on any atom is -0.349 e. The van der Waals surface area contributed by atoms with Crippen LogP contribution in [0.15, 0.2) is 0 Å². The molecule has 0 atom stereocenters. The summed E-state index contributed by atoms with van der Waals surface area (Å²) in [5, 5.41) is 3.64. The molecule has 0 aromatic heterocycles. The highest BCUT2D eigenvalue weighted by Gasteiger charge is 2.33. The number of ether oxygens (including phenoxy) is 2. The first-order valence-electron chi connectivity index (χ1n) is 6.55. The van der Waals surface area contributed by atoms with E-state index >= 15 is 0 Å². The van der Waals surface area contributed by atoms with Crippen molar-refractivity contribution in [3.8, 4) is 0 Å². The van der Waals surface area contributed by atoms with E-state index in [1.165, 1.54) is 0 Å². The fourth-order valence-corrected chi connectivity index (χ4v) is 2.71. The number of nitrogens with one attached hydrogen (secondary N) is 1. The minimum absolute atomic E-state index is 0.108. The van der Waals surface area contributed by atoms with Crippen molar-refractivity contribution in [1.82, 2.24) is 5.32 Å². The molecular formula is C14H29NO2. The quantitative estimate of drug-likeness (QED) is 0.826. The molecule has 1 aliphatic heterocycles. The average molecular weight is 243 g/mol. The molecule has 1 N–H and O–H groups in total. The minimum atomic E-state index is -0.424. The summed E-state index contributed by atoms with van der Waals surface area (Å²) in [6.45, 7) is 16.7. The van der Waals surface area contributed by atoms with Gasteiger partial charge < -0.3 is 14.8 Å². The molecule has 1 fully saturated rings. The predicted octanol–water partition coefficient (Wildman–Crippen LogP) is 2.94. The van der Waals surface area contributed by atoms with E-state index in [2.05, 4.69) is 39.9 Å². The van der Waals surface area contributed by atoms with Gasteiger partial charge in [0.05, 0.1) is 19.3 Å². The van der Waals surface area contributed by atoms with Gasteiger partial charge in [-0.2, -0.15) is 0 Å². The van der Waals surface area contributed by atoms with Gasteiger partial charge in [-0.1, -0.05) is 20.8 Å². The summed E-state index contributed by atoms with van der Waals surface area (Å²) in [5.74, 6) is -0.424. The number of rotatable bonds is 3. The Hall–Kier alpha value is -0.120. The van der Waals surface area contributed by atoms with E-state index < -0.39 is 5.79 Å². The summed E-state index contributed by atoms with van der Waals surface area (Å²) >= 11 is 0. The van der Waals surface area contributed by atoms with Crippen LogP contribution in [0.2, 0.25) is 0 Å². The maximum absolute atomic E-state index is 5.67. The summed E-state index contributed by atoms with van der Waals surface area (Å²) in [6.07, 6.45) is 1.12. The fraction of sp³-hybridized carbons (Fsp3) is 1.00. The third kappa shape index (κ3) is 5.84. The van der Waals surface area contributed by atoms with Crippen LogP contribution in [0.5, 0.6) is 0 Å². The van der Waals surface area contributed by atoms with E-state index in [4.69, 9.17) is 9.47 Å². The highest BCUT2D eigenvalue weighted by Crippen LogP contribution is 2.28. The molecule has 3 heteroatoms. The van der Waals surface area contributed by atoms with Crippen LogP contribution >= 0.6 is 0 Å². The smallest absolute Gasteiger partial charge is 0.162 e. The number of hydrogen-bond acceptors (Lipinski definition) is 3. The second kappa shape index (κ2) is 4.87. The molecule has 3 nitrogen and oxygen atoms in total. The van der Waals surface area contributed by atoms with Crippen LogP contribution in [-0.4, -0.2) is 30.6 Å². The van der Waals surface area contributed by atoms with Crippen LogP contribution in [0.1, 0.15) is 54.9 Å². The van der Waals surface area contributed by atoms with Gasteiger partial charge in [-0.3, -0.25) is 0 Å². The number of hydrogen-bond donors (Lipinski definition) is 1. The molecule has 0 bridgehead atoms. The first kappa shape index (κ1) is 14.9. The molecule has 0 saturated carbocycles. The van der Waals surface area contributed by atoms with Gasteiger partial charge in [0, 0.05) is 5.54 Å². The van der Waals surface area contributed by atoms with Gasteiger partial charge in [-0.05, 0) is 39.5 Å². The van der Waals surface area contributed by atoms with E-state index in [-0.39, 0.29) is 5.54 Å². The van der Waals surface area contributed by atoms with E-state index in [1.807, 2.05) is 13.8 Å². The zero-order chi connectivity index (χ0) is 13.3. The lowest BCUT2D eigenvalue weighted by molar-refractivity contribution is -0.254. The van der Waals surface area contributed by atoms with Crippen LogP contribution in [0, 0.1) is 5.41 Å². The van der Waals surface area contributed by atoms with Crippen molar-refractivity contribution < 1.29 is 9.47 Å². The molecule has 0 unspecified atom stereocenters. The van der Waals surface area contributed by atoms with E-state index in [1.54, 1.807) is 0 Å². The zero-order valence-corrected chi connectivity index (χ0v) is 12.5. The predicted molar refractivity (Wildman–Crippen MR) is 71.1 cm³/mol. The highest BCUT2D eigenvalue weighted by molar-refractivity contribution is 4.87. The Bertz CT molecular complexity index is 243.